The van der Waals surface area contributed by atoms with Crippen LogP contribution < -0.4 is 19.5 Å². The lowest BCUT2D eigenvalue weighted by atomic mass is 10.1. The van der Waals surface area contributed by atoms with Gasteiger partial charge >= 0.3 is 5.97 Å². The average Bonchev–Trinajstić information content (AvgIpc) is 2.87. The van der Waals surface area contributed by atoms with Gasteiger partial charge in [0.15, 0.2) is 11.5 Å². The second kappa shape index (κ2) is 11.5. The first-order valence-corrected chi connectivity index (χ1v) is 11.9. The maximum Gasteiger partial charge on any atom is 0.317 e. The molecule has 1 aliphatic rings. The minimum Gasteiger partial charge on any atom is -0.492 e. The molecular formula is C26H25NO6S. The Balaban J connectivity index is 1.44. The SMILES string of the molecule is CCOc1ccccc1NC(=O)C(OC(=O)CSc1ccc2c(c1)OCCO2)c1ccccc1. The predicted molar refractivity (Wildman–Crippen MR) is 130 cm³/mol. The molecule has 1 unspecified atom stereocenters. The quantitative estimate of drug-likeness (QED) is 0.346. The van der Waals surface area contributed by atoms with E-state index in [1.165, 1.54) is 11.8 Å². The van der Waals surface area contributed by atoms with Crippen LogP contribution in [0.15, 0.2) is 77.7 Å². The van der Waals surface area contributed by atoms with E-state index in [-0.39, 0.29) is 5.75 Å². The summed E-state index contributed by atoms with van der Waals surface area (Å²) in [7, 11) is 0. The van der Waals surface area contributed by atoms with Crippen molar-refractivity contribution in [1.29, 1.82) is 0 Å². The molecule has 4 rings (SSSR count). The highest BCUT2D eigenvalue weighted by atomic mass is 32.2. The fraction of sp³-hybridized carbons (Fsp3) is 0.231. The van der Waals surface area contributed by atoms with Crippen molar-refractivity contribution in [3.8, 4) is 17.2 Å². The van der Waals surface area contributed by atoms with Crippen LogP contribution in [0.1, 0.15) is 18.6 Å². The van der Waals surface area contributed by atoms with Crippen LogP contribution in [0.2, 0.25) is 0 Å². The minimum atomic E-state index is -1.11. The Bertz CT molecular complexity index is 1140. The number of nitrogens with one attached hydrogen (secondary N) is 1. The number of fused-ring (bicyclic) bond motifs is 1. The summed E-state index contributed by atoms with van der Waals surface area (Å²) in [6.45, 7) is 3.33. The number of carbonyl (C=O) groups is 2. The molecular weight excluding hydrogens is 454 g/mol. The Morgan fingerprint density at radius 2 is 1.71 bits per heavy atom. The fourth-order valence-electron chi connectivity index (χ4n) is 3.37. The van der Waals surface area contributed by atoms with Crippen molar-refractivity contribution in [2.24, 2.45) is 0 Å². The molecule has 0 fully saturated rings. The molecule has 1 N–H and O–H groups in total. The first-order valence-electron chi connectivity index (χ1n) is 10.9. The molecule has 3 aromatic rings. The summed E-state index contributed by atoms with van der Waals surface area (Å²) < 4.78 is 22.3. The lowest BCUT2D eigenvalue weighted by molar-refractivity contribution is -0.152. The lowest BCUT2D eigenvalue weighted by Crippen LogP contribution is -2.26. The third kappa shape index (κ3) is 6.02. The predicted octanol–water partition coefficient (Wildman–Crippen LogP) is 4.87. The molecule has 8 heteroatoms. The number of carbonyl (C=O) groups excluding carboxylic acids is 2. The Hall–Kier alpha value is -3.65. The van der Waals surface area contributed by atoms with Gasteiger partial charge in [0.1, 0.15) is 19.0 Å². The van der Waals surface area contributed by atoms with Gasteiger partial charge < -0.3 is 24.3 Å². The smallest absolute Gasteiger partial charge is 0.317 e. The van der Waals surface area contributed by atoms with Gasteiger partial charge in [0.25, 0.3) is 5.91 Å². The van der Waals surface area contributed by atoms with Gasteiger partial charge in [0.2, 0.25) is 6.10 Å². The van der Waals surface area contributed by atoms with Crippen molar-refractivity contribution in [2.45, 2.75) is 17.9 Å². The number of amides is 1. The summed E-state index contributed by atoms with van der Waals surface area (Å²) in [5.74, 6) is 0.945. The molecule has 1 aliphatic heterocycles. The van der Waals surface area contributed by atoms with E-state index < -0.39 is 18.0 Å². The molecule has 34 heavy (non-hydrogen) atoms. The Morgan fingerprint density at radius 3 is 2.50 bits per heavy atom. The Kier molecular flexibility index (Phi) is 7.93. The number of thioether (sulfide) groups is 1. The van der Waals surface area contributed by atoms with Gasteiger partial charge in [-0.3, -0.25) is 9.59 Å². The van der Waals surface area contributed by atoms with Gasteiger partial charge in [0, 0.05) is 10.5 Å². The van der Waals surface area contributed by atoms with Gasteiger partial charge in [-0.2, -0.15) is 0 Å². The normalized spacial score (nSPS) is 13.0. The van der Waals surface area contributed by atoms with Crippen LogP contribution in [-0.2, 0) is 14.3 Å². The molecule has 0 saturated heterocycles. The number of esters is 1. The number of ether oxygens (including phenoxy) is 4. The standard InChI is InChI=1S/C26H25NO6S/c1-2-30-21-11-7-6-10-20(21)27-26(29)25(18-8-4-3-5-9-18)33-24(28)17-34-19-12-13-22-23(16-19)32-15-14-31-22/h3-13,16,25H,2,14-15,17H2,1H3,(H,27,29). The van der Waals surface area contributed by atoms with E-state index in [1.54, 1.807) is 42.5 Å². The van der Waals surface area contributed by atoms with E-state index in [0.29, 0.717) is 48.3 Å². The Morgan fingerprint density at radius 1 is 0.971 bits per heavy atom. The number of hydrogen-bond donors (Lipinski definition) is 1. The summed E-state index contributed by atoms with van der Waals surface area (Å²) in [5.41, 5.74) is 1.09. The highest BCUT2D eigenvalue weighted by Crippen LogP contribution is 2.34. The van der Waals surface area contributed by atoms with Crippen molar-refractivity contribution in [3.63, 3.8) is 0 Å². The summed E-state index contributed by atoms with van der Waals surface area (Å²) in [6.07, 6.45) is -1.11. The van der Waals surface area contributed by atoms with Crippen LogP contribution in [-0.4, -0.2) is 37.4 Å². The number of rotatable bonds is 9. The summed E-state index contributed by atoms with van der Waals surface area (Å²) >= 11 is 1.30. The molecule has 1 heterocycles. The first kappa shape index (κ1) is 23.5. The zero-order valence-electron chi connectivity index (χ0n) is 18.7. The van der Waals surface area contributed by atoms with Crippen LogP contribution in [0, 0.1) is 0 Å². The number of anilines is 1. The van der Waals surface area contributed by atoms with E-state index in [9.17, 15) is 9.59 Å². The zero-order valence-corrected chi connectivity index (χ0v) is 19.5. The highest BCUT2D eigenvalue weighted by molar-refractivity contribution is 8.00. The van der Waals surface area contributed by atoms with Crippen molar-refractivity contribution < 1.29 is 28.5 Å². The zero-order chi connectivity index (χ0) is 23.8. The molecule has 0 aromatic heterocycles. The first-order chi connectivity index (χ1) is 16.6. The lowest BCUT2D eigenvalue weighted by Gasteiger charge is -2.20. The van der Waals surface area contributed by atoms with Gasteiger partial charge in [-0.05, 0) is 37.3 Å². The molecule has 176 valence electrons. The minimum absolute atomic E-state index is 0.0335. The van der Waals surface area contributed by atoms with Gasteiger partial charge in [0.05, 0.1) is 18.0 Å². The van der Waals surface area contributed by atoms with Crippen LogP contribution in [0.25, 0.3) is 0 Å². The maximum atomic E-state index is 13.2. The second-order valence-corrected chi connectivity index (χ2v) is 8.34. The Labute approximate surface area is 202 Å². The largest absolute Gasteiger partial charge is 0.492 e. The van der Waals surface area contributed by atoms with Crippen LogP contribution >= 0.6 is 11.8 Å². The molecule has 0 spiro atoms. The van der Waals surface area contributed by atoms with E-state index >= 15 is 0 Å². The molecule has 3 aromatic carbocycles. The third-order valence-corrected chi connectivity index (χ3v) is 5.87. The summed E-state index contributed by atoms with van der Waals surface area (Å²) in [5, 5.41) is 2.83. The topological polar surface area (TPSA) is 83.1 Å². The van der Waals surface area contributed by atoms with Gasteiger partial charge in [-0.25, -0.2) is 0 Å². The second-order valence-electron chi connectivity index (χ2n) is 7.29. The molecule has 0 aliphatic carbocycles. The molecule has 0 saturated carbocycles. The number of para-hydroxylation sites is 2. The van der Waals surface area contributed by atoms with Crippen LogP contribution in [0.3, 0.4) is 0 Å². The van der Waals surface area contributed by atoms with E-state index in [2.05, 4.69) is 5.32 Å². The van der Waals surface area contributed by atoms with Crippen molar-refractivity contribution in [1.82, 2.24) is 0 Å². The summed E-state index contributed by atoms with van der Waals surface area (Å²) in [4.78, 5) is 26.7. The number of benzene rings is 3. The fourth-order valence-corrected chi connectivity index (χ4v) is 4.08. The molecule has 1 atom stereocenters. The van der Waals surface area contributed by atoms with Gasteiger partial charge in [-0.15, -0.1) is 11.8 Å². The van der Waals surface area contributed by atoms with Crippen molar-refractivity contribution in [2.75, 3.05) is 30.9 Å². The molecule has 7 nitrogen and oxygen atoms in total. The average molecular weight is 480 g/mol. The van der Waals surface area contributed by atoms with E-state index in [1.807, 2.05) is 37.3 Å². The third-order valence-electron chi connectivity index (χ3n) is 4.90. The molecule has 0 bridgehead atoms. The molecule has 0 radical (unpaired) electrons. The number of hydrogen-bond acceptors (Lipinski definition) is 7. The van der Waals surface area contributed by atoms with Crippen molar-refractivity contribution in [3.05, 3.63) is 78.4 Å². The van der Waals surface area contributed by atoms with Crippen LogP contribution in [0.5, 0.6) is 17.2 Å². The maximum absolute atomic E-state index is 13.2. The highest BCUT2D eigenvalue weighted by Gasteiger charge is 2.26. The van der Waals surface area contributed by atoms with E-state index in [0.717, 1.165) is 4.90 Å². The monoisotopic (exact) mass is 479 g/mol. The van der Waals surface area contributed by atoms with E-state index in [4.69, 9.17) is 18.9 Å². The van der Waals surface area contributed by atoms with Gasteiger partial charge in [-0.1, -0.05) is 42.5 Å². The van der Waals surface area contributed by atoms with Crippen LogP contribution in [0.4, 0.5) is 5.69 Å². The van der Waals surface area contributed by atoms with Crippen molar-refractivity contribution >= 4 is 29.3 Å². The summed E-state index contributed by atoms with van der Waals surface area (Å²) in [6, 6.07) is 21.6. The molecule has 1 amide bonds.